The molecule has 2 N–H and O–H groups in total. The van der Waals surface area contributed by atoms with Gasteiger partial charge in [-0.15, -0.1) is 0 Å². The minimum absolute atomic E-state index is 0.785. The molecular weight excluding hydrogens is 184 g/mol. The van der Waals surface area contributed by atoms with Crippen molar-refractivity contribution in [3.63, 3.8) is 0 Å². The Balaban J connectivity index is 2.53. The van der Waals surface area contributed by atoms with E-state index in [2.05, 4.69) is 22.4 Å². The first kappa shape index (κ1) is 8.60. The van der Waals surface area contributed by atoms with Crippen LogP contribution < -0.4 is 5.32 Å². The SMILES string of the molecule is CNCc1ccc2[nH]cc(Cl)c2c1. The quantitative estimate of drug-likeness (QED) is 0.756. The van der Waals surface area contributed by atoms with Crippen LogP contribution in [0, 0.1) is 0 Å². The standard InChI is InChI=1S/C10H11ClN2/c1-12-5-7-2-3-10-8(4-7)9(11)6-13-10/h2-4,6,12-13H,5H2,1H3. The Labute approximate surface area is 81.9 Å². The molecule has 1 aromatic heterocycles. The van der Waals surface area contributed by atoms with Crippen molar-refractivity contribution in [3.8, 4) is 0 Å². The molecule has 0 aliphatic rings. The van der Waals surface area contributed by atoms with E-state index in [1.165, 1.54) is 5.56 Å². The highest BCUT2D eigenvalue weighted by Crippen LogP contribution is 2.23. The lowest BCUT2D eigenvalue weighted by atomic mass is 10.1. The van der Waals surface area contributed by atoms with Crippen LogP contribution in [0.5, 0.6) is 0 Å². The molecule has 2 aromatic rings. The predicted molar refractivity (Wildman–Crippen MR) is 56.1 cm³/mol. The van der Waals surface area contributed by atoms with Gasteiger partial charge in [-0.05, 0) is 24.7 Å². The van der Waals surface area contributed by atoms with Crippen LogP contribution in [0.15, 0.2) is 24.4 Å². The van der Waals surface area contributed by atoms with Crippen LogP contribution in [0.4, 0.5) is 0 Å². The molecule has 2 nitrogen and oxygen atoms in total. The van der Waals surface area contributed by atoms with Crippen molar-refractivity contribution in [2.45, 2.75) is 6.54 Å². The van der Waals surface area contributed by atoms with Crippen molar-refractivity contribution in [1.82, 2.24) is 10.3 Å². The zero-order valence-corrected chi connectivity index (χ0v) is 8.15. The Morgan fingerprint density at radius 2 is 2.31 bits per heavy atom. The molecule has 1 heterocycles. The van der Waals surface area contributed by atoms with Crippen LogP contribution >= 0.6 is 11.6 Å². The molecular formula is C10H11ClN2. The molecule has 3 heteroatoms. The first-order valence-electron chi connectivity index (χ1n) is 4.21. The van der Waals surface area contributed by atoms with Crippen LogP contribution in [0.25, 0.3) is 10.9 Å². The summed E-state index contributed by atoms with van der Waals surface area (Å²) in [5.41, 5.74) is 2.33. The number of hydrogen-bond acceptors (Lipinski definition) is 1. The van der Waals surface area contributed by atoms with Crippen molar-refractivity contribution in [1.29, 1.82) is 0 Å². The van der Waals surface area contributed by atoms with Gasteiger partial charge in [-0.3, -0.25) is 0 Å². The minimum atomic E-state index is 0.785. The minimum Gasteiger partial charge on any atom is -0.360 e. The summed E-state index contributed by atoms with van der Waals surface area (Å²) < 4.78 is 0. The van der Waals surface area contributed by atoms with Gasteiger partial charge in [0.1, 0.15) is 0 Å². The summed E-state index contributed by atoms with van der Waals surface area (Å²) in [6.07, 6.45) is 1.81. The number of nitrogens with one attached hydrogen (secondary N) is 2. The van der Waals surface area contributed by atoms with Crippen LogP contribution in [0.2, 0.25) is 5.02 Å². The van der Waals surface area contributed by atoms with E-state index in [1.54, 1.807) is 0 Å². The van der Waals surface area contributed by atoms with Gasteiger partial charge in [0.2, 0.25) is 0 Å². The highest BCUT2D eigenvalue weighted by atomic mass is 35.5. The third kappa shape index (κ3) is 1.55. The van der Waals surface area contributed by atoms with E-state index in [1.807, 2.05) is 19.3 Å². The van der Waals surface area contributed by atoms with Gasteiger partial charge in [-0.1, -0.05) is 17.7 Å². The number of benzene rings is 1. The van der Waals surface area contributed by atoms with Gasteiger partial charge in [0, 0.05) is 23.6 Å². The first-order valence-corrected chi connectivity index (χ1v) is 4.59. The van der Waals surface area contributed by atoms with E-state index in [4.69, 9.17) is 11.6 Å². The van der Waals surface area contributed by atoms with E-state index < -0.39 is 0 Å². The highest BCUT2D eigenvalue weighted by molar-refractivity contribution is 6.35. The fourth-order valence-corrected chi connectivity index (χ4v) is 1.66. The predicted octanol–water partition coefficient (Wildman–Crippen LogP) is 2.54. The second kappa shape index (κ2) is 3.40. The third-order valence-electron chi connectivity index (χ3n) is 2.08. The van der Waals surface area contributed by atoms with Crippen molar-refractivity contribution >= 4 is 22.5 Å². The second-order valence-corrected chi connectivity index (χ2v) is 3.45. The zero-order chi connectivity index (χ0) is 9.26. The summed E-state index contributed by atoms with van der Waals surface area (Å²) in [6, 6.07) is 6.24. The molecule has 2 rings (SSSR count). The molecule has 0 amide bonds. The summed E-state index contributed by atoms with van der Waals surface area (Å²) in [5, 5.41) is 4.98. The van der Waals surface area contributed by atoms with E-state index in [-0.39, 0.29) is 0 Å². The van der Waals surface area contributed by atoms with Crippen LogP contribution in [0.1, 0.15) is 5.56 Å². The smallest absolute Gasteiger partial charge is 0.0659 e. The lowest BCUT2D eigenvalue weighted by Gasteiger charge is -1.99. The van der Waals surface area contributed by atoms with E-state index in [0.29, 0.717) is 0 Å². The van der Waals surface area contributed by atoms with Crippen LogP contribution in [0.3, 0.4) is 0 Å². The van der Waals surface area contributed by atoms with Crippen molar-refractivity contribution in [3.05, 3.63) is 35.0 Å². The lowest BCUT2D eigenvalue weighted by Crippen LogP contribution is -2.04. The van der Waals surface area contributed by atoms with Gasteiger partial charge in [-0.2, -0.15) is 0 Å². The molecule has 0 spiro atoms. The van der Waals surface area contributed by atoms with Crippen molar-refractivity contribution < 1.29 is 0 Å². The number of fused-ring (bicyclic) bond motifs is 1. The molecule has 1 aromatic carbocycles. The number of rotatable bonds is 2. The Hall–Kier alpha value is -0.990. The van der Waals surface area contributed by atoms with Gasteiger partial charge in [0.25, 0.3) is 0 Å². The number of aromatic nitrogens is 1. The molecule has 0 saturated heterocycles. The van der Waals surface area contributed by atoms with E-state index >= 15 is 0 Å². The Bertz CT molecular complexity index is 420. The lowest BCUT2D eigenvalue weighted by molar-refractivity contribution is 0.819. The third-order valence-corrected chi connectivity index (χ3v) is 2.39. The molecule has 68 valence electrons. The molecule has 0 aliphatic carbocycles. The van der Waals surface area contributed by atoms with Gasteiger partial charge in [-0.25, -0.2) is 0 Å². The second-order valence-electron chi connectivity index (χ2n) is 3.05. The normalized spacial score (nSPS) is 10.9. The average Bonchev–Trinajstić information content (AvgIpc) is 2.49. The molecule has 13 heavy (non-hydrogen) atoms. The fraction of sp³-hybridized carbons (Fsp3) is 0.200. The summed E-state index contributed by atoms with van der Waals surface area (Å²) in [5.74, 6) is 0. The molecule has 0 atom stereocenters. The number of halogens is 1. The molecule has 0 aliphatic heterocycles. The number of H-pyrrole nitrogens is 1. The van der Waals surface area contributed by atoms with Crippen molar-refractivity contribution in [2.24, 2.45) is 0 Å². The molecule has 0 radical (unpaired) electrons. The first-order chi connectivity index (χ1) is 6.31. The van der Waals surface area contributed by atoms with E-state index in [0.717, 1.165) is 22.5 Å². The summed E-state index contributed by atoms with van der Waals surface area (Å²) in [4.78, 5) is 3.10. The highest BCUT2D eigenvalue weighted by Gasteiger charge is 2.01. The van der Waals surface area contributed by atoms with Gasteiger partial charge < -0.3 is 10.3 Å². The monoisotopic (exact) mass is 194 g/mol. The Kier molecular flexibility index (Phi) is 2.25. The van der Waals surface area contributed by atoms with Crippen molar-refractivity contribution in [2.75, 3.05) is 7.05 Å². The summed E-state index contributed by atoms with van der Waals surface area (Å²) in [6.45, 7) is 0.872. The van der Waals surface area contributed by atoms with Gasteiger partial charge >= 0.3 is 0 Å². The molecule has 0 saturated carbocycles. The molecule has 0 bridgehead atoms. The fourth-order valence-electron chi connectivity index (χ4n) is 1.45. The summed E-state index contributed by atoms with van der Waals surface area (Å²) in [7, 11) is 1.93. The van der Waals surface area contributed by atoms with Crippen LogP contribution in [-0.4, -0.2) is 12.0 Å². The zero-order valence-electron chi connectivity index (χ0n) is 7.39. The number of hydrogen-bond donors (Lipinski definition) is 2. The van der Waals surface area contributed by atoms with Gasteiger partial charge in [0.15, 0.2) is 0 Å². The topological polar surface area (TPSA) is 27.8 Å². The molecule has 0 fully saturated rings. The Morgan fingerprint density at radius 3 is 3.08 bits per heavy atom. The number of aromatic amines is 1. The maximum atomic E-state index is 5.99. The Morgan fingerprint density at radius 1 is 1.46 bits per heavy atom. The maximum Gasteiger partial charge on any atom is 0.0659 e. The van der Waals surface area contributed by atoms with Crippen LogP contribution in [-0.2, 0) is 6.54 Å². The summed E-state index contributed by atoms with van der Waals surface area (Å²) >= 11 is 5.99. The van der Waals surface area contributed by atoms with Gasteiger partial charge in [0.05, 0.1) is 5.02 Å². The molecule has 0 unspecified atom stereocenters. The average molecular weight is 195 g/mol. The maximum absolute atomic E-state index is 5.99. The van der Waals surface area contributed by atoms with E-state index in [9.17, 15) is 0 Å². The largest absolute Gasteiger partial charge is 0.360 e.